The van der Waals surface area contributed by atoms with E-state index < -0.39 is 12.1 Å². The summed E-state index contributed by atoms with van der Waals surface area (Å²) in [6.07, 6.45) is 2.26. The number of amides is 2. The number of benzene rings is 1. The molecule has 2 aromatic carbocycles. The molecule has 0 aliphatic rings. The van der Waals surface area contributed by atoms with Crippen LogP contribution in [0.15, 0.2) is 41.2 Å². The lowest BCUT2D eigenvalue weighted by Gasteiger charge is -2.24. The number of hydrogen-bond donors (Lipinski definition) is 2. The van der Waals surface area contributed by atoms with Gasteiger partial charge in [0.15, 0.2) is 5.43 Å². The van der Waals surface area contributed by atoms with E-state index in [0.717, 1.165) is 12.0 Å². The zero-order valence-electron chi connectivity index (χ0n) is 19.6. The van der Waals surface area contributed by atoms with Crippen molar-refractivity contribution in [3.05, 3.63) is 57.7 Å². The number of alkyl carbamates (subject to hydrolysis) is 1. The summed E-state index contributed by atoms with van der Waals surface area (Å²) in [5.41, 5.74) is 1.57. The van der Waals surface area contributed by atoms with Crippen molar-refractivity contribution in [1.82, 2.24) is 10.6 Å². The summed E-state index contributed by atoms with van der Waals surface area (Å²) in [7, 11) is 0. The van der Waals surface area contributed by atoms with E-state index in [1.165, 1.54) is 6.92 Å². The van der Waals surface area contributed by atoms with Crippen LogP contribution in [0.25, 0.3) is 0 Å². The standard InChI is InChI=1S/C25H34N2O6/c1-17(2)13-22(27-25(31)33-16-19-9-5-4-6-10-19)24(30)26-21(14-20-15-23(20)29)11-7-8-12-32-18(3)28/h4-6,9-10,15,17,21-22H,7-8,11-14,16H2,1-3H3,(H,26,30)(H,27,31)/t21-,22-/m0/s1. The molecule has 33 heavy (non-hydrogen) atoms. The second-order valence-electron chi connectivity index (χ2n) is 8.67. The number of rotatable bonds is 14. The number of unbranched alkanes of at least 4 members (excludes halogenated alkanes) is 1. The highest BCUT2D eigenvalue weighted by molar-refractivity contribution is 5.85. The normalized spacial score (nSPS) is 12.8. The summed E-state index contributed by atoms with van der Waals surface area (Å²) in [6, 6.07) is 9.87. The molecule has 0 aromatic heterocycles. The molecular formula is C25H34N2O6. The molecule has 0 saturated carbocycles. The van der Waals surface area contributed by atoms with E-state index >= 15 is 0 Å². The number of carbonyl (C=O) groups excluding carboxylic acids is 3. The van der Waals surface area contributed by atoms with Gasteiger partial charge in [-0.15, -0.1) is 0 Å². The van der Waals surface area contributed by atoms with Gasteiger partial charge in [-0.2, -0.15) is 0 Å². The summed E-state index contributed by atoms with van der Waals surface area (Å²) >= 11 is 0. The van der Waals surface area contributed by atoms with E-state index in [9.17, 15) is 19.2 Å². The van der Waals surface area contributed by atoms with E-state index in [2.05, 4.69) is 10.6 Å². The van der Waals surface area contributed by atoms with Crippen LogP contribution in [0.2, 0.25) is 0 Å². The third-order valence-corrected chi connectivity index (χ3v) is 5.13. The van der Waals surface area contributed by atoms with Crippen molar-refractivity contribution in [2.24, 2.45) is 5.92 Å². The second kappa shape index (κ2) is 13.4. The van der Waals surface area contributed by atoms with Crippen molar-refractivity contribution >= 4 is 18.0 Å². The van der Waals surface area contributed by atoms with Crippen molar-refractivity contribution in [2.75, 3.05) is 6.61 Å². The molecule has 2 rings (SSSR count). The number of ether oxygens (including phenoxy) is 2. The Morgan fingerprint density at radius 1 is 1.00 bits per heavy atom. The number of carbonyl (C=O) groups is 3. The maximum atomic E-state index is 13.0. The number of esters is 1. The Balaban J connectivity index is 1.90. The van der Waals surface area contributed by atoms with Gasteiger partial charge in [0.1, 0.15) is 12.6 Å². The van der Waals surface area contributed by atoms with Crippen molar-refractivity contribution < 1.29 is 23.9 Å². The van der Waals surface area contributed by atoms with Gasteiger partial charge in [0, 0.05) is 18.5 Å². The van der Waals surface area contributed by atoms with Crippen molar-refractivity contribution in [1.29, 1.82) is 0 Å². The van der Waals surface area contributed by atoms with Crippen LogP contribution in [0.3, 0.4) is 0 Å². The van der Waals surface area contributed by atoms with Crippen LogP contribution in [0.4, 0.5) is 4.79 Å². The highest BCUT2D eigenvalue weighted by Crippen LogP contribution is 2.12. The van der Waals surface area contributed by atoms with Crippen molar-refractivity contribution in [2.45, 2.75) is 71.6 Å². The van der Waals surface area contributed by atoms with Crippen LogP contribution in [-0.4, -0.2) is 36.7 Å². The molecule has 0 aliphatic heterocycles. The van der Waals surface area contributed by atoms with Gasteiger partial charge in [-0.05, 0) is 49.7 Å². The predicted octanol–water partition coefficient (Wildman–Crippen LogP) is 3.02. The first-order chi connectivity index (χ1) is 15.7. The zero-order valence-corrected chi connectivity index (χ0v) is 19.6. The zero-order chi connectivity index (χ0) is 24.2. The average Bonchev–Trinajstić information content (AvgIpc) is 3.45. The Morgan fingerprint density at radius 3 is 2.30 bits per heavy atom. The molecule has 0 saturated heterocycles. The summed E-state index contributed by atoms with van der Waals surface area (Å²) in [5.74, 6) is -0.459. The fourth-order valence-corrected chi connectivity index (χ4v) is 3.39. The Labute approximate surface area is 194 Å². The Hall–Kier alpha value is -3.16. The minimum Gasteiger partial charge on any atom is -0.466 e. The van der Waals surface area contributed by atoms with E-state index in [-0.39, 0.29) is 35.9 Å². The van der Waals surface area contributed by atoms with Crippen LogP contribution >= 0.6 is 0 Å². The molecule has 0 unspecified atom stereocenters. The number of hydrogen-bond acceptors (Lipinski definition) is 6. The summed E-state index contributed by atoms with van der Waals surface area (Å²) in [6.45, 7) is 5.74. The summed E-state index contributed by atoms with van der Waals surface area (Å²) in [5, 5.41) is 5.66. The quantitative estimate of drug-likeness (QED) is 0.333. The van der Waals surface area contributed by atoms with Crippen LogP contribution < -0.4 is 16.1 Å². The van der Waals surface area contributed by atoms with Gasteiger partial charge in [0.2, 0.25) is 5.91 Å². The topological polar surface area (TPSA) is 111 Å². The Morgan fingerprint density at radius 2 is 1.70 bits per heavy atom. The number of nitrogens with one attached hydrogen (secondary N) is 2. The lowest BCUT2D eigenvalue weighted by molar-refractivity contribution is -0.141. The minimum atomic E-state index is -0.749. The minimum absolute atomic E-state index is 0.00973. The third-order valence-electron chi connectivity index (χ3n) is 5.13. The van der Waals surface area contributed by atoms with Gasteiger partial charge in [0.25, 0.3) is 0 Å². The Bertz CT molecular complexity index is 901. The van der Waals surface area contributed by atoms with Crippen molar-refractivity contribution in [3.8, 4) is 0 Å². The first kappa shape index (κ1) is 26.1. The molecule has 0 bridgehead atoms. The molecule has 0 aliphatic carbocycles. The monoisotopic (exact) mass is 458 g/mol. The first-order valence-corrected chi connectivity index (χ1v) is 11.4. The highest BCUT2D eigenvalue weighted by Gasteiger charge is 2.26. The molecule has 2 N–H and O–H groups in total. The maximum absolute atomic E-state index is 13.0. The van der Waals surface area contributed by atoms with Crippen LogP contribution in [-0.2, 0) is 32.1 Å². The lowest BCUT2D eigenvalue weighted by atomic mass is 10.0. The molecule has 0 radical (unpaired) electrons. The molecule has 0 heterocycles. The van der Waals surface area contributed by atoms with Gasteiger partial charge in [-0.3, -0.25) is 14.4 Å². The summed E-state index contributed by atoms with van der Waals surface area (Å²) in [4.78, 5) is 47.6. The molecule has 0 fully saturated rings. The van der Waals surface area contributed by atoms with E-state index in [1.807, 2.05) is 44.2 Å². The van der Waals surface area contributed by atoms with Gasteiger partial charge in [0.05, 0.1) is 6.61 Å². The molecular weight excluding hydrogens is 424 g/mol. The predicted molar refractivity (Wildman–Crippen MR) is 124 cm³/mol. The smallest absolute Gasteiger partial charge is 0.408 e. The fourth-order valence-electron chi connectivity index (χ4n) is 3.39. The largest absolute Gasteiger partial charge is 0.466 e. The van der Waals surface area contributed by atoms with Crippen molar-refractivity contribution in [3.63, 3.8) is 0 Å². The third kappa shape index (κ3) is 10.8. The molecule has 2 amide bonds. The molecule has 8 heteroatoms. The van der Waals surface area contributed by atoms with Gasteiger partial charge in [-0.1, -0.05) is 44.2 Å². The molecule has 2 atom stereocenters. The molecule has 2 aromatic rings. The van der Waals surface area contributed by atoms with Gasteiger partial charge >= 0.3 is 12.1 Å². The van der Waals surface area contributed by atoms with E-state index in [1.54, 1.807) is 6.07 Å². The van der Waals surface area contributed by atoms with E-state index in [0.29, 0.717) is 37.9 Å². The van der Waals surface area contributed by atoms with Crippen LogP contribution in [0.1, 0.15) is 57.6 Å². The molecule has 8 nitrogen and oxygen atoms in total. The van der Waals surface area contributed by atoms with Gasteiger partial charge in [-0.25, -0.2) is 4.79 Å². The molecule has 180 valence electrons. The van der Waals surface area contributed by atoms with Crippen LogP contribution in [0.5, 0.6) is 0 Å². The Kier molecular flexibility index (Phi) is 10.6. The average molecular weight is 459 g/mol. The molecule has 0 spiro atoms. The fraction of sp³-hybridized carbons (Fsp3) is 0.520. The van der Waals surface area contributed by atoms with E-state index in [4.69, 9.17) is 9.47 Å². The maximum Gasteiger partial charge on any atom is 0.408 e. The summed E-state index contributed by atoms with van der Waals surface area (Å²) < 4.78 is 10.2. The lowest BCUT2D eigenvalue weighted by Crippen LogP contribution is -2.50. The highest BCUT2D eigenvalue weighted by atomic mass is 16.5. The van der Waals surface area contributed by atoms with Gasteiger partial charge < -0.3 is 20.1 Å². The first-order valence-electron chi connectivity index (χ1n) is 11.4. The second-order valence-corrected chi connectivity index (χ2v) is 8.67. The van der Waals surface area contributed by atoms with Crippen LogP contribution in [0, 0.1) is 5.92 Å². The SMILES string of the molecule is CC(=O)OCCCC[C@@H](Cc1cc1=O)NC(=O)[C@H](CC(C)C)NC(=O)OCc1ccccc1.